The molecule has 2 N–H and O–H groups in total. The van der Waals surface area contributed by atoms with E-state index in [4.69, 9.17) is 4.74 Å². The highest BCUT2D eigenvalue weighted by atomic mass is 35.5. The van der Waals surface area contributed by atoms with Crippen LogP contribution in [0.25, 0.3) is 0 Å². The second-order valence-electron chi connectivity index (χ2n) is 5.30. The van der Waals surface area contributed by atoms with Crippen LogP contribution in [0.2, 0.25) is 0 Å². The van der Waals surface area contributed by atoms with E-state index in [1.165, 1.54) is 0 Å². The van der Waals surface area contributed by atoms with Gasteiger partial charge in [0.15, 0.2) is 0 Å². The van der Waals surface area contributed by atoms with E-state index in [0.717, 1.165) is 6.54 Å². The molecule has 1 heterocycles. The van der Waals surface area contributed by atoms with Crippen molar-refractivity contribution in [1.29, 1.82) is 0 Å². The van der Waals surface area contributed by atoms with Gasteiger partial charge in [-0.05, 0) is 34.6 Å². The van der Waals surface area contributed by atoms with Crippen LogP contribution >= 0.6 is 12.4 Å². The van der Waals surface area contributed by atoms with Crippen LogP contribution in [0.3, 0.4) is 0 Å². The van der Waals surface area contributed by atoms with Crippen LogP contribution in [0.1, 0.15) is 34.6 Å². The van der Waals surface area contributed by atoms with Crippen molar-refractivity contribution in [3.05, 3.63) is 0 Å². The van der Waals surface area contributed by atoms with Crippen molar-refractivity contribution in [2.45, 2.75) is 51.8 Å². The number of nitrogens with one attached hydrogen (secondary N) is 2. The van der Waals surface area contributed by atoms with E-state index in [1.807, 2.05) is 20.8 Å². The van der Waals surface area contributed by atoms with Gasteiger partial charge < -0.3 is 15.4 Å². The van der Waals surface area contributed by atoms with Gasteiger partial charge in [0.05, 0.1) is 6.04 Å². The third-order valence-corrected chi connectivity index (χ3v) is 2.32. The summed E-state index contributed by atoms with van der Waals surface area (Å²) in [6.07, 6.45) is -0.336. The van der Waals surface area contributed by atoms with Gasteiger partial charge in [-0.1, -0.05) is 0 Å². The first kappa shape index (κ1) is 14.5. The number of hydrogen-bond acceptors (Lipinski definition) is 3. The second-order valence-corrected chi connectivity index (χ2v) is 5.30. The van der Waals surface area contributed by atoms with Gasteiger partial charge in [-0.15, -0.1) is 12.4 Å². The Balaban J connectivity index is 0.00000196. The molecule has 15 heavy (non-hydrogen) atoms. The molecule has 0 aromatic heterocycles. The SMILES string of the molecule is CC(C)(C)OC(=O)NC1CNC1(C)C.Cl. The van der Waals surface area contributed by atoms with Gasteiger partial charge in [-0.25, -0.2) is 4.79 Å². The Morgan fingerprint density at radius 3 is 2.27 bits per heavy atom. The van der Waals surface area contributed by atoms with Gasteiger partial charge in [-0.2, -0.15) is 0 Å². The molecule has 0 saturated carbocycles. The van der Waals surface area contributed by atoms with Crippen LogP contribution in [-0.2, 0) is 4.74 Å². The Morgan fingerprint density at radius 2 is 2.00 bits per heavy atom. The molecule has 5 heteroatoms. The normalized spacial score (nSPS) is 23.4. The summed E-state index contributed by atoms with van der Waals surface area (Å²) in [6.45, 7) is 10.5. The van der Waals surface area contributed by atoms with E-state index >= 15 is 0 Å². The van der Waals surface area contributed by atoms with E-state index in [2.05, 4.69) is 24.5 Å². The molecule has 1 aliphatic rings. The molecule has 0 radical (unpaired) electrons. The number of amides is 1. The molecule has 1 fully saturated rings. The number of hydrogen-bond donors (Lipinski definition) is 2. The maximum atomic E-state index is 11.4. The van der Waals surface area contributed by atoms with Gasteiger partial charge >= 0.3 is 6.09 Å². The monoisotopic (exact) mass is 236 g/mol. The van der Waals surface area contributed by atoms with Gasteiger partial charge in [-0.3, -0.25) is 0 Å². The fourth-order valence-electron chi connectivity index (χ4n) is 1.29. The van der Waals surface area contributed by atoms with Gasteiger partial charge in [0.2, 0.25) is 0 Å². The fraction of sp³-hybridized carbons (Fsp3) is 0.900. The van der Waals surface area contributed by atoms with Crippen LogP contribution in [0.15, 0.2) is 0 Å². The lowest BCUT2D eigenvalue weighted by molar-refractivity contribution is 0.0418. The van der Waals surface area contributed by atoms with Crippen molar-refractivity contribution in [3.8, 4) is 0 Å². The van der Waals surface area contributed by atoms with Crippen LogP contribution in [0.4, 0.5) is 4.79 Å². The lowest BCUT2D eigenvalue weighted by Gasteiger charge is -2.45. The maximum Gasteiger partial charge on any atom is 0.407 e. The number of carbonyl (C=O) groups is 1. The first-order valence-corrected chi connectivity index (χ1v) is 4.95. The van der Waals surface area contributed by atoms with Crippen molar-refractivity contribution >= 4 is 18.5 Å². The van der Waals surface area contributed by atoms with Crippen molar-refractivity contribution in [2.24, 2.45) is 0 Å². The van der Waals surface area contributed by atoms with Crippen molar-refractivity contribution in [3.63, 3.8) is 0 Å². The molecule has 1 atom stereocenters. The molecule has 4 nitrogen and oxygen atoms in total. The smallest absolute Gasteiger partial charge is 0.407 e. The number of ether oxygens (including phenoxy) is 1. The largest absolute Gasteiger partial charge is 0.444 e. The molecule has 1 amide bonds. The maximum absolute atomic E-state index is 11.4. The zero-order chi connectivity index (χ0) is 11.0. The third-order valence-electron chi connectivity index (χ3n) is 2.32. The number of halogens is 1. The fourth-order valence-corrected chi connectivity index (χ4v) is 1.29. The van der Waals surface area contributed by atoms with Crippen molar-refractivity contribution < 1.29 is 9.53 Å². The van der Waals surface area contributed by atoms with Crippen molar-refractivity contribution in [1.82, 2.24) is 10.6 Å². The molecule has 1 aliphatic heterocycles. The van der Waals surface area contributed by atoms with Gasteiger partial charge in [0.25, 0.3) is 0 Å². The van der Waals surface area contributed by atoms with E-state index in [-0.39, 0.29) is 30.1 Å². The first-order valence-electron chi connectivity index (χ1n) is 4.95. The summed E-state index contributed by atoms with van der Waals surface area (Å²) < 4.78 is 5.16. The quantitative estimate of drug-likeness (QED) is 0.729. The summed E-state index contributed by atoms with van der Waals surface area (Å²) >= 11 is 0. The predicted octanol–water partition coefficient (Wildman–Crippen LogP) is 1.68. The summed E-state index contributed by atoms with van der Waals surface area (Å²) in [5.74, 6) is 0. The predicted molar refractivity (Wildman–Crippen MR) is 62.5 cm³/mol. The molecule has 1 saturated heterocycles. The minimum atomic E-state index is -0.425. The Kier molecular flexibility index (Phi) is 4.43. The van der Waals surface area contributed by atoms with Crippen molar-refractivity contribution in [2.75, 3.05) is 6.54 Å². The lowest BCUT2D eigenvalue weighted by Crippen LogP contribution is -2.71. The molecule has 90 valence electrons. The average molecular weight is 237 g/mol. The highest BCUT2D eigenvalue weighted by Crippen LogP contribution is 2.18. The summed E-state index contributed by atoms with van der Waals surface area (Å²) in [5.41, 5.74) is -0.442. The van der Waals surface area contributed by atoms with Crippen LogP contribution in [0, 0.1) is 0 Å². The first-order chi connectivity index (χ1) is 6.21. The molecule has 1 unspecified atom stereocenters. The van der Waals surface area contributed by atoms with Crippen LogP contribution in [0.5, 0.6) is 0 Å². The Morgan fingerprint density at radius 1 is 1.47 bits per heavy atom. The highest BCUT2D eigenvalue weighted by molar-refractivity contribution is 5.85. The molecular weight excluding hydrogens is 216 g/mol. The topological polar surface area (TPSA) is 50.4 Å². The van der Waals surface area contributed by atoms with Gasteiger partial charge in [0.1, 0.15) is 5.60 Å². The van der Waals surface area contributed by atoms with E-state index in [9.17, 15) is 4.79 Å². The Hall–Kier alpha value is -0.480. The summed E-state index contributed by atoms with van der Waals surface area (Å²) in [4.78, 5) is 11.4. The molecule has 0 bridgehead atoms. The molecule has 0 aliphatic carbocycles. The number of carbonyl (C=O) groups excluding carboxylic acids is 1. The summed E-state index contributed by atoms with van der Waals surface area (Å²) in [5, 5.41) is 6.07. The number of rotatable bonds is 1. The number of alkyl carbamates (subject to hydrolysis) is 1. The van der Waals surface area contributed by atoms with Crippen LogP contribution < -0.4 is 10.6 Å². The summed E-state index contributed by atoms with van der Waals surface area (Å²) in [7, 11) is 0. The molecule has 1 rings (SSSR count). The zero-order valence-electron chi connectivity index (χ0n) is 10.0. The van der Waals surface area contributed by atoms with Crippen LogP contribution in [-0.4, -0.2) is 29.8 Å². The zero-order valence-corrected chi connectivity index (χ0v) is 10.8. The second kappa shape index (κ2) is 4.58. The highest BCUT2D eigenvalue weighted by Gasteiger charge is 2.39. The minimum absolute atomic E-state index is 0. The molecule has 0 aromatic carbocycles. The molecular formula is C10H21ClN2O2. The van der Waals surface area contributed by atoms with E-state index < -0.39 is 5.60 Å². The molecule has 0 aromatic rings. The van der Waals surface area contributed by atoms with E-state index in [0.29, 0.717) is 0 Å². The third kappa shape index (κ3) is 4.26. The average Bonchev–Trinajstić information content (AvgIpc) is 1.95. The Labute approximate surface area is 97.5 Å². The standard InChI is InChI=1S/C10H20N2O2.ClH/c1-9(2,3)14-8(13)12-7-6-11-10(7,4)5;/h7,11H,6H2,1-5H3,(H,12,13);1H. The lowest BCUT2D eigenvalue weighted by atomic mass is 9.87. The van der Waals surface area contributed by atoms with Gasteiger partial charge in [0, 0.05) is 12.1 Å². The minimum Gasteiger partial charge on any atom is -0.444 e. The Bertz CT molecular complexity index is 236. The summed E-state index contributed by atoms with van der Waals surface area (Å²) in [6, 6.07) is 0.164. The molecule has 0 spiro atoms. The van der Waals surface area contributed by atoms with E-state index in [1.54, 1.807) is 0 Å².